The van der Waals surface area contributed by atoms with Crippen LogP contribution in [0.4, 0.5) is 0 Å². The number of hydrogen-bond donors (Lipinski definition) is 2. The second kappa shape index (κ2) is 5.15. The molecule has 2 rings (SSSR count). The van der Waals surface area contributed by atoms with Crippen molar-refractivity contribution < 1.29 is 9.90 Å². The topological polar surface area (TPSA) is 78.9 Å². The van der Waals surface area contributed by atoms with Crippen molar-refractivity contribution in [2.24, 2.45) is 0 Å². The maximum atomic E-state index is 11.7. The first-order chi connectivity index (χ1) is 8.20. The lowest BCUT2D eigenvalue weighted by atomic mass is 10.3. The molecule has 0 atom stereocenters. The molecule has 0 bridgehead atoms. The Morgan fingerprint density at radius 3 is 3.06 bits per heavy atom. The Labute approximate surface area is 106 Å². The number of carbonyl (C=O) groups is 1. The van der Waals surface area contributed by atoms with Gasteiger partial charge in [-0.25, -0.2) is 0 Å². The zero-order valence-corrected chi connectivity index (χ0v) is 10.5. The number of ketones is 1. The molecule has 0 aromatic carbocycles. The highest BCUT2D eigenvalue weighted by molar-refractivity contribution is 7.98. The number of allylic oxidation sites excluding steroid dienone is 1. The summed E-state index contributed by atoms with van der Waals surface area (Å²) in [5, 5.41) is 18.4. The highest BCUT2D eigenvalue weighted by Gasteiger charge is 2.10. The molecule has 0 unspecified atom stereocenters. The molecule has 2 N–H and O–H groups in total. The number of aliphatic hydroxyl groups is 1. The average Bonchev–Trinajstić information content (AvgIpc) is 3.00. The summed E-state index contributed by atoms with van der Waals surface area (Å²) in [4.78, 5) is 16.2. The number of thiophene rings is 1. The van der Waals surface area contributed by atoms with Crippen LogP contribution in [0.5, 0.6) is 0 Å². The lowest BCUT2D eigenvalue weighted by Crippen LogP contribution is -1.94. The van der Waals surface area contributed by atoms with Gasteiger partial charge in [0.25, 0.3) is 0 Å². The Hall–Kier alpha value is -1.60. The molecule has 0 aliphatic rings. The molecule has 17 heavy (non-hydrogen) atoms. The Kier molecular flexibility index (Phi) is 3.60. The predicted molar refractivity (Wildman–Crippen MR) is 67.4 cm³/mol. The second-order valence-electron chi connectivity index (χ2n) is 3.04. The van der Waals surface area contributed by atoms with E-state index in [0.717, 1.165) is 6.08 Å². The van der Waals surface area contributed by atoms with Gasteiger partial charge in [-0.2, -0.15) is 4.98 Å². The van der Waals surface area contributed by atoms with Gasteiger partial charge in [-0.3, -0.25) is 9.89 Å². The van der Waals surface area contributed by atoms with E-state index in [1.165, 1.54) is 23.1 Å². The van der Waals surface area contributed by atoms with Crippen molar-refractivity contribution in [3.63, 3.8) is 0 Å². The van der Waals surface area contributed by atoms with Crippen molar-refractivity contribution in [2.75, 3.05) is 6.26 Å². The van der Waals surface area contributed by atoms with E-state index in [2.05, 4.69) is 15.2 Å². The number of aliphatic hydroxyl groups excluding tert-OH is 1. The van der Waals surface area contributed by atoms with Gasteiger partial charge in [-0.1, -0.05) is 17.8 Å². The quantitative estimate of drug-likeness (QED) is 0.385. The number of rotatable bonds is 4. The molecular weight excluding hydrogens is 258 g/mol. The van der Waals surface area contributed by atoms with E-state index in [-0.39, 0.29) is 17.4 Å². The molecule has 2 aromatic rings. The molecule has 2 aromatic heterocycles. The second-order valence-corrected chi connectivity index (χ2v) is 4.76. The first kappa shape index (κ1) is 11.9. The third kappa shape index (κ3) is 2.75. The molecule has 0 aliphatic heterocycles. The monoisotopic (exact) mass is 267 g/mol. The fraction of sp³-hybridized carbons (Fsp3) is 0.100. The molecule has 0 amide bonds. The van der Waals surface area contributed by atoms with Crippen LogP contribution in [0.3, 0.4) is 0 Å². The van der Waals surface area contributed by atoms with Gasteiger partial charge in [0, 0.05) is 6.08 Å². The zero-order chi connectivity index (χ0) is 12.3. The third-order valence-electron chi connectivity index (χ3n) is 1.92. The van der Waals surface area contributed by atoms with Crippen LogP contribution in [-0.4, -0.2) is 32.3 Å². The normalized spacial score (nSPS) is 11.7. The predicted octanol–water partition coefficient (Wildman–Crippen LogP) is 2.37. The van der Waals surface area contributed by atoms with Crippen molar-refractivity contribution in [3.8, 4) is 0 Å². The summed E-state index contributed by atoms with van der Waals surface area (Å²) >= 11 is 2.67. The van der Waals surface area contributed by atoms with Gasteiger partial charge in [0.2, 0.25) is 5.16 Å². The highest BCUT2D eigenvalue weighted by Crippen LogP contribution is 2.15. The Balaban J connectivity index is 2.19. The lowest BCUT2D eigenvalue weighted by Gasteiger charge is -1.93. The van der Waals surface area contributed by atoms with Gasteiger partial charge in [0.05, 0.1) is 4.88 Å². The molecule has 0 aliphatic carbocycles. The van der Waals surface area contributed by atoms with Gasteiger partial charge in [0.15, 0.2) is 17.4 Å². The molecule has 7 heteroatoms. The molecule has 0 saturated carbocycles. The summed E-state index contributed by atoms with van der Waals surface area (Å²) in [7, 11) is 0. The van der Waals surface area contributed by atoms with E-state index < -0.39 is 0 Å². The van der Waals surface area contributed by atoms with E-state index in [1.807, 2.05) is 6.26 Å². The van der Waals surface area contributed by atoms with Crippen molar-refractivity contribution in [3.05, 3.63) is 34.3 Å². The lowest BCUT2D eigenvalue weighted by molar-refractivity contribution is 0.104. The highest BCUT2D eigenvalue weighted by atomic mass is 32.2. The van der Waals surface area contributed by atoms with Crippen molar-refractivity contribution in [2.45, 2.75) is 5.16 Å². The SMILES string of the molecule is CSc1n[nH]c(C(O)=CC(=O)c2cccs2)n1. The molecule has 0 saturated heterocycles. The summed E-state index contributed by atoms with van der Waals surface area (Å²) in [6, 6.07) is 3.48. The maximum absolute atomic E-state index is 11.7. The minimum atomic E-state index is -0.250. The number of hydrogen-bond acceptors (Lipinski definition) is 6. The Morgan fingerprint density at radius 1 is 1.65 bits per heavy atom. The number of nitrogens with one attached hydrogen (secondary N) is 1. The van der Waals surface area contributed by atoms with Crippen LogP contribution in [0.15, 0.2) is 28.7 Å². The molecule has 0 spiro atoms. The summed E-state index contributed by atoms with van der Waals surface area (Å²) < 4.78 is 0. The fourth-order valence-electron chi connectivity index (χ4n) is 1.13. The van der Waals surface area contributed by atoms with Crippen LogP contribution in [-0.2, 0) is 0 Å². The number of aromatic amines is 1. The van der Waals surface area contributed by atoms with Crippen LogP contribution in [0.1, 0.15) is 15.5 Å². The third-order valence-corrected chi connectivity index (χ3v) is 3.35. The minimum absolute atomic E-state index is 0.194. The molecule has 5 nitrogen and oxygen atoms in total. The standard InChI is InChI=1S/C10H9N3O2S2/c1-16-10-11-9(12-13-10)7(15)5-6(14)8-3-2-4-17-8/h2-5,15H,1H3,(H,11,12,13). The molecular formula is C10H9N3O2S2. The van der Waals surface area contributed by atoms with Crippen LogP contribution in [0, 0.1) is 0 Å². The van der Waals surface area contributed by atoms with Gasteiger partial charge < -0.3 is 5.11 Å². The number of aromatic nitrogens is 3. The van der Waals surface area contributed by atoms with Crippen molar-refractivity contribution in [1.82, 2.24) is 15.2 Å². The van der Waals surface area contributed by atoms with Crippen molar-refractivity contribution >= 4 is 34.6 Å². The van der Waals surface area contributed by atoms with E-state index in [9.17, 15) is 9.90 Å². The van der Waals surface area contributed by atoms with Gasteiger partial charge >= 0.3 is 0 Å². The van der Waals surface area contributed by atoms with Crippen LogP contribution < -0.4 is 0 Å². The average molecular weight is 267 g/mol. The smallest absolute Gasteiger partial charge is 0.208 e. The van der Waals surface area contributed by atoms with E-state index in [0.29, 0.717) is 10.0 Å². The van der Waals surface area contributed by atoms with Crippen LogP contribution in [0.2, 0.25) is 0 Å². The number of nitrogens with zero attached hydrogens (tertiary/aromatic N) is 2. The van der Waals surface area contributed by atoms with Gasteiger partial charge in [-0.15, -0.1) is 16.4 Å². The summed E-state index contributed by atoms with van der Waals surface area (Å²) in [5.41, 5.74) is 0. The Bertz CT molecular complexity index is 546. The van der Waals surface area contributed by atoms with Crippen molar-refractivity contribution in [1.29, 1.82) is 0 Å². The number of thioether (sulfide) groups is 1. The summed E-state index contributed by atoms with van der Waals surface area (Å²) in [6.45, 7) is 0. The fourth-order valence-corrected chi connectivity index (χ4v) is 2.09. The van der Waals surface area contributed by atoms with E-state index in [1.54, 1.807) is 17.5 Å². The molecule has 88 valence electrons. The minimum Gasteiger partial charge on any atom is -0.504 e. The van der Waals surface area contributed by atoms with Crippen LogP contribution in [0.25, 0.3) is 5.76 Å². The maximum Gasteiger partial charge on any atom is 0.208 e. The summed E-state index contributed by atoms with van der Waals surface area (Å²) in [6.07, 6.45) is 2.96. The summed E-state index contributed by atoms with van der Waals surface area (Å²) in [5.74, 6) is -0.268. The van der Waals surface area contributed by atoms with Gasteiger partial charge in [0.1, 0.15) is 0 Å². The Morgan fingerprint density at radius 2 is 2.47 bits per heavy atom. The van der Waals surface area contributed by atoms with Crippen LogP contribution >= 0.6 is 23.1 Å². The number of H-pyrrole nitrogens is 1. The zero-order valence-electron chi connectivity index (χ0n) is 8.88. The largest absolute Gasteiger partial charge is 0.504 e. The number of carbonyl (C=O) groups excluding carboxylic acids is 1. The molecule has 0 fully saturated rings. The van der Waals surface area contributed by atoms with E-state index >= 15 is 0 Å². The first-order valence-corrected chi connectivity index (χ1v) is 6.76. The van der Waals surface area contributed by atoms with Gasteiger partial charge in [-0.05, 0) is 17.7 Å². The molecule has 2 heterocycles. The van der Waals surface area contributed by atoms with E-state index in [4.69, 9.17) is 0 Å². The first-order valence-electron chi connectivity index (χ1n) is 4.66. The molecule has 0 radical (unpaired) electrons.